The maximum absolute atomic E-state index is 13.9. The van der Waals surface area contributed by atoms with Gasteiger partial charge in [-0.1, -0.05) is 22.4 Å². The Morgan fingerprint density at radius 3 is 2.66 bits per heavy atom. The van der Waals surface area contributed by atoms with Crippen molar-refractivity contribution in [2.24, 2.45) is 0 Å². The minimum atomic E-state index is -0.509. The number of aryl methyl sites for hydroxylation is 2. The van der Waals surface area contributed by atoms with Gasteiger partial charge in [-0.25, -0.2) is 9.02 Å². The Kier molecular flexibility index (Phi) is 8.04. The zero-order valence-corrected chi connectivity index (χ0v) is 20.1. The number of nitrogens with one attached hydrogen (secondary N) is 1. The average Bonchev–Trinajstić information content (AvgIpc) is 3.25. The van der Waals surface area contributed by atoms with E-state index in [4.69, 9.17) is 4.74 Å². The van der Waals surface area contributed by atoms with Crippen LogP contribution in [0.25, 0.3) is 0 Å². The molecule has 1 fully saturated rings. The molecule has 9 nitrogen and oxygen atoms in total. The zero-order valence-electron chi connectivity index (χ0n) is 20.1. The van der Waals surface area contributed by atoms with Gasteiger partial charge in [0.15, 0.2) is 5.43 Å². The minimum Gasteiger partial charge on any atom is -0.379 e. The van der Waals surface area contributed by atoms with Crippen molar-refractivity contribution in [1.29, 1.82) is 0 Å². The number of pyridine rings is 1. The van der Waals surface area contributed by atoms with E-state index >= 15 is 0 Å². The van der Waals surface area contributed by atoms with Crippen molar-refractivity contribution in [3.8, 4) is 0 Å². The highest BCUT2D eigenvalue weighted by Gasteiger charge is 2.22. The molecule has 10 heteroatoms. The van der Waals surface area contributed by atoms with Crippen molar-refractivity contribution in [3.63, 3.8) is 0 Å². The number of ether oxygens (including phenoxy) is 1. The van der Waals surface area contributed by atoms with Crippen LogP contribution >= 0.6 is 0 Å². The summed E-state index contributed by atoms with van der Waals surface area (Å²) in [6.07, 6.45) is 1.09. The maximum Gasteiger partial charge on any atom is 0.257 e. The molecule has 1 amide bonds. The van der Waals surface area contributed by atoms with Gasteiger partial charge in [-0.2, -0.15) is 0 Å². The smallest absolute Gasteiger partial charge is 0.257 e. The van der Waals surface area contributed by atoms with E-state index in [0.29, 0.717) is 29.2 Å². The van der Waals surface area contributed by atoms with E-state index in [1.807, 2.05) is 11.5 Å². The number of nitrogens with zero attached hydrogens (tertiary/aromatic N) is 4. The number of hydrogen-bond donors (Lipinski definition) is 1. The van der Waals surface area contributed by atoms with Gasteiger partial charge in [-0.15, -0.1) is 0 Å². The summed E-state index contributed by atoms with van der Waals surface area (Å²) in [5.74, 6) is -0.873. The van der Waals surface area contributed by atoms with Crippen LogP contribution in [0.4, 0.5) is 4.39 Å². The maximum atomic E-state index is 13.9. The Morgan fingerprint density at radius 1 is 1.14 bits per heavy atom. The molecule has 1 aliphatic heterocycles. The molecule has 1 saturated heterocycles. The fourth-order valence-corrected chi connectivity index (χ4v) is 4.35. The number of morpholine rings is 1. The molecule has 0 radical (unpaired) electrons. The highest BCUT2D eigenvalue weighted by Crippen LogP contribution is 2.17. The van der Waals surface area contributed by atoms with Crippen molar-refractivity contribution < 1.29 is 18.6 Å². The molecule has 0 bridgehead atoms. The first-order valence-corrected chi connectivity index (χ1v) is 11.8. The first-order valence-electron chi connectivity index (χ1n) is 11.8. The fraction of sp³-hybridized carbons (Fsp3) is 0.440. The fourth-order valence-electron chi connectivity index (χ4n) is 4.35. The van der Waals surface area contributed by atoms with Crippen molar-refractivity contribution in [2.45, 2.75) is 39.8 Å². The molecule has 1 aliphatic rings. The largest absolute Gasteiger partial charge is 0.379 e. The van der Waals surface area contributed by atoms with E-state index in [0.717, 1.165) is 45.0 Å². The Labute approximate surface area is 202 Å². The number of rotatable bonds is 9. The Hall–Kier alpha value is -3.37. The lowest BCUT2D eigenvalue weighted by atomic mass is 10.0. The predicted octanol–water partition coefficient (Wildman–Crippen LogP) is 2.23. The van der Waals surface area contributed by atoms with Crippen LogP contribution < -0.4 is 10.7 Å². The van der Waals surface area contributed by atoms with Gasteiger partial charge < -0.3 is 14.6 Å². The Balaban J connectivity index is 1.63. The summed E-state index contributed by atoms with van der Waals surface area (Å²) >= 11 is 0. The van der Waals surface area contributed by atoms with Gasteiger partial charge in [0, 0.05) is 50.1 Å². The van der Waals surface area contributed by atoms with Gasteiger partial charge in [0.2, 0.25) is 0 Å². The standard InChI is InChI=1S/C25H30FN5O4/c1-17-13-23(32)24(25(33)27-16-21-18(2)28-35-29-21)22(15-19-5-3-6-20(26)14-19)31(17)8-4-7-30-9-11-34-12-10-30/h3,5-6,13-14H,4,7-12,15-16H2,1-2H3,(H,27,33). The van der Waals surface area contributed by atoms with Gasteiger partial charge in [0.25, 0.3) is 5.91 Å². The van der Waals surface area contributed by atoms with Crippen LogP contribution in [-0.4, -0.2) is 58.5 Å². The second-order valence-corrected chi connectivity index (χ2v) is 8.72. The van der Waals surface area contributed by atoms with E-state index < -0.39 is 5.91 Å². The lowest BCUT2D eigenvalue weighted by Crippen LogP contribution is -2.37. The summed E-state index contributed by atoms with van der Waals surface area (Å²) in [5, 5.41) is 10.3. The Morgan fingerprint density at radius 2 is 1.94 bits per heavy atom. The lowest BCUT2D eigenvalue weighted by Gasteiger charge is -2.27. The second kappa shape index (κ2) is 11.4. The van der Waals surface area contributed by atoms with Crippen LogP contribution in [0.5, 0.6) is 0 Å². The topological polar surface area (TPSA) is 102 Å². The summed E-state index contributed by atoms with van der Waals surface area (Å²) in [6.45, 7) is 8.41. The number of benzene rings is 1. The third kappa shape index (κ3) is 6.20. The summed E-state index contributed by atoms with van der Waals surface area (Å²) in [5.41, 5.74) is 2.75. The summed E-state index contributed by atoms with van der Waals surface area (Å²) in [7, 11) is 0. The molecule has 0 saturated carbocycles. The first kappa shape index (κ1) is 24.7. The predicted molar refractivity (Wildman–Crippen MR) is 127 cm³/mol. The third-order valence-corrected chi connectivity index (χ3v) is 6.24. The monoisotopic (exact) mass is 483 g/mol. The van der Waals surface area contributed by atoms with Crippen molar-refractivity contribution in [2.75, 3.05) is 32.8 Å². The summed E-state index contributed by atoms with van der Waals surface area (Å²) in [4.78, 5) is 28.6. The van der Waals surface area contributed by atoms with E-state index in [9.17, 15) is 14.0 Å². The van der Waals surface area contributed by atoms with Crippen molar-refractivity contribution in [1.82, 2.24) is 25.1 Å². The number of hydrogen-bond acceptors (Lipinski definition) is 7. The minimum absolute atomic E-state index is 0.0559. The van der Waals surface area contributed by atoms with Crippen LogP contribution in [0.15, 0.2) is 39.8 Å². The molecule has 3 aromatic rings. The van der Waals surface area contributed by atoms with Crippen LogP contribution in [0.2, 0.25) is 0 Å². The molecule has 0 aliphatic carbocycles. The number of halogens is 1. The van der Waals surface area contributed by atoms with Crippen LogP contribution in [0, 0.1) is 19.7 Å². The molecule has 186 valence electrons. The lowest BCUT2D eigenvalue weighted by molar-refractivity contribution is 0.0369. The zero-order chi connectivity index (χ0) is 24.8. The molecule has 4 rings (SSSR count). The molecular weight excluding hydrogens is 453 g/mol. The molecule has 1 N–H and O–H groups in total. The van der Waals surface area contributed by atoms with E-state index in [2.05, 4.69) is 25.2 Å². The highest BCUT2D eigenvalue weighted by atomic mass is 19.1. The summed E-state index contributed by atoms with van der Waals surface area (Å²) in [6, 6.07) is 7.71. The number of carbonyl (C=O) groups excluding carboxylic acids is 1. The van der Waals surface area contributed by atoms with Gasteiger partial charge >= 0.3 is 0 Å². The first-order chi connectivity index (χ1) is 16.9. The highest BCUT2D eigenvalue weighted by molar-refractivity contribution is 5.95. The molecule has 0 unspecified atom stereocenters. The van der Waals surface area contributed by atoms with Crippen LogP contribution in [0.1, 0.15) is 45.1 Å². The molecule has 35 heavy (non-hydrogen) atoms. The molecule has 3 heterocycles. The van der Waals surface area contributed by atoms with Gasteiger partial charge in [-0.05, 0) is 38.0 Å². The van der Waals surface area contributed by atoms with E-state index in [1.54, 1.807) is 19.1 Å². The second-order valence-electron chi connectivity index (χ2n) is 8.72. The van der Waals surface area contributed by atoms with Crippen LogP contribution in [0.3, 0.4) is 0 Å². The summed E-state index contributed by atoms with van der Waals surface area (Å²) < 4.78 is 26.0. The molecular formula is C25H30FN5O4. The SMILES string of the molecule is Cc1nonc1CNC(=O)c1c(Cc2cccc(F)c2)n(CCCN2CCOCC2)c(C)cc1=O. The normalized spacial score (nSPS) is 14.3. The molecule has 0 spiro atoms. The average molecular weight is 484 g/mol. The molecule has 0 atom stereocenters. The van der Waals surface area contributed by atoms with Gasteiger partial charge in [0.1, 0.15) is 22.8 Å². The molecule has 1 aromatic carbocycles. The van der Waals surface area contributed by atoms with Crippen molar-refractivity contribution in [3.05, 3.63) is 80.3 Å². The molecule has 2 aromatic heterocycles. The van der Waals surface area contributed by atoms with Gasteiger partial charge in [0.05, 0.1) is 19.8 Å². The number of carbonyl (C=O) groups is 1. The van der Waals surface area contributed by atoms with E-state index in [-0.39, 0.29) is 29.8 Å². The number of amides is 1. The van der Waals surface area contributed by atoms with Gasteiger partial charge in [-0.3, -0.25) is 14.5 Å². The Bertz CT molecular complexity index is 1230. The van der Waals surface area contributed by atoms with E-state index in [1.165, 1.54) is 18.2 Å². The van der Waals surface area contributed by atoms with Crippen molar-refractivity contribution >= 4 is 5.91 Å². The van der Waals surface area contributed by atoms with Crippen LogP contribution in [-0.2, 0) is 24.2 Å². The quantitative estimate of drug-likeness (QED) is 0.498. The number of aromatic nitrogens is 3. The third-order valence-electron chi connectivity index (χ3n) is 6.24.